The third-order valence-electron chi connectivity index (χ3n) is 3.60. The van der Waals surface area contributed by atoms with Crippen LogP contribution < -0.4 is 15.5 Å². The smallest absolute Gasteiger partial charge is 0.253 e. The van der Waals surface area contributed by atoms with Crippen LogP contribution in [0.1, 0.15) is 30.1 Å². The predicted octanol–water partition coefficient (Wildman–Crippen LogP) is 1.62. The molecule has 0 bridgehead atoms. The Morgan fingerprint density at radius 3 is 2.64 bits per heavy atom. The Balaban J connectivity index is 2.23. The van der Waals surface area contributed by atoms with E-state index in [1.165, 1.54) is 6.92 Å². The van der Waals surface area contributed by atoms with Gasteiger partial charge in [-0.1, -0.05) is 0 Å². The number of amides is 2. The molecule has 1 saturated heterocycles. The molecule has 1 aliphatic rings. The van der Waals surface area contributed by atoms with Crippen molar-refractivity contribution in [2.75, 3.05) is 43.6 Å². The topological polar surface area (TPSA) is 70.7 Å². The van der Waals surface area contributed by atoms with Crippen LogP contribution in [0.25, 0.3) is 0 Å². The van der Waals surface area contributed by atoms with E-state index in [9.17, 15) is 9.59 Å². The zero-order chi connectivity index (χ0) is 15.9. The molecule has 1 aliphatic heterocycles. The zero-order valence-electron chi connectivity index (χ0n) is 13.1. The third-order valence-corrected chi connectivity index (χ3v) is 3.60. The molecule has 2 amide bonds. The van der Waals surface area contributed by atoms with Gasteiger partial charge in [0.1, 0.15) is 0 Å². The van der Waals surface area contributed by atoms with Crippen LogP contribution in [0.5, 0.6) is 0 Å². The Kier molecular flexibility index (Phi) is 5.77. The highest BCUT2D eigenvalue weighted by molar-refractivity contribution is 6.02. The van der Waals surface area contributed by atoms with Crippen LogP contribution in [0.2, 0.25) is 0 Å². The molecule has 6 nitrogen and oxygen atoms in total. The Labute approximate surface area is 130 Å². The normalized spacial score (nSPS) is 14.0. The minimum atomic E-state index is -0.153. The van der Waals surface area contributed by atoms with Gasteiger partial charge < -0.3 is 20.3 Å². The number of carbonyl (C=O) groups excluding carboxylic acids is 2. The summed E-state index contributed by atoms with van der Waals surface area (Å²) >= 11 is 0. The highest BCUT2D eigenvalue weighted by Gasteiger charge is 2.20. The number of nitrogens with one attached hydrogen (secondary N) is 2. The second kappa shape index (κ2) is 7.79. The summed E-state index contributed by atoms with van der Waals surface area (Å²) in [7, 11) is 1.60. The lowest BCUT2D eigenvalue weighted by Crippen LogP contribution is -2.30. The van der Waals surface area contributed by atoms with Gasteiger partial charge in [0.05, 0.1) is 12.2 Å². The van der Waals surface area contributed by atoms with E-state index in [4.69, 9.17) is 4.74 Å². The monoisotopic (exact) mass is 305 g/mol. The predicted molar refractivity (Wildman–Crippen MR) is 86.4 cm³/mol. The first kappa shape index (κ1) is 16.3. The van der Waals surface area contributed by atoms with Crippen LogP contribution in [-0.4, -0.2) is 45.2 Å². The van der Waals surface area contributed by atoms with Gasteiger partial charge in [-0.3, -0.25) is 9.59 Å². The van der Waals surface area contributed by atoms with Crippen LogP contribution >= 0.6 is 0 Å². The number of nitrogens with zero attached hydrogens (tertiary/aromatic N) is 1. The maximum Gasteiger partial charge on any atom is 0.253 e. The summed E-state index contributed by atoms with van der Waals surface area (Å²) < 4.78 is 4.95. The fourth-order valence-electron chi connectivity index (χ4n) is 2.59. The van der Waals surface area contributed by atoms with E-state index in [1.54, 1.807) is 13.2 Å². The molecular formula is C16H23N3O3. The summed E-state index contributed by atoms with van der Waals surface area (Å²) in [5.74, 6) is -0.300. The molecule has 0 radical (unpaired) electrons. The van der Waals surface area contributed by atoms with Gasteiger partial charge in [0.15, 0.2) is 0 Å². The fraction of sp³-hybridized carbons (Fsp3) is 0.500. The molecule has 22 heavy (non-hydrogen) atoms. The molecule has 120 valence electrons. The molecule has 0 aromatic heterocycles. The number of ether oxygens (including phenoxy) is 1. The van der Waals surface area contributed by atoms with E-state index < -0.39 is 0 Å². The molecule has 2 N–H and O–H groups in total. The molecule has 0 aliphatic carbocycles. The Bertz CT molecular complexity index is 539. The van der Waals surface area contributed by atoms with Crippen molar-refractivity contribution in [2.24, 2.45) is 0 Å². The van der Waals surface area contributed by atoms with Crippen LogP contribution in [0.15, 0.2) is 18.2 Å². The maximum atomic E-state index is 12.4. The molecule has 0 saturated carbocycles. The highest BCUT2D eigenvalue weighted by Crippen LogP contribution is 2.27. The van der Waals surface area contributed by atoms with Gasteiger partial charge in [-0.25, -0.2) is 0 Å². The number of hydrogen-bond donors (Lipinski definition) is 2. The summed E-state index contributed by atoms with van der Waals surface area (Å²) in [5, 5.41) is 5.56. The van der Waals surface area contributed by atoms with Gasteiger partial charge in [-0.2, -0.15) is 0 Å². The molecule has 2 rings (SSSR count). The molecule has 0 spiro atoms. The molecule has 1 fully saturated rings. The Morgan fingerprint density at radius 1 is 1.27 bits per heavy atom. The summed E-state index contributed by atoms with van der Waals surface area (Å²) in [5.41, 5.74) is 2.14. The number of carbonyl (C=O) groups is 2. The molecular weight excluding hydrogens is 282 g/mol. The fourth-order valence-corrected chi connectivity index (χ4v) is 2.59. The van der Waals surface area contributed by atoms with Crippen molar-refractivity contribution in [3.05, 3.63) is 23.8 Å². The minimum absolute atomic E-state index is 0.147. The number of methoxy groups -OCH3 is 1. The largest absolute Gasteiger partial charge is 0.383 e. The number of benzene rings is 1. The molecule has 1 heterocycles. The van der Waals surface area contributed by atoms with Gasteiger partial charge in [-0.15, -0.1) is 0 Å². The lowest BCUT2D eigenvalue weighted by molar-refractivity contribution is -0.114. The molecule has 1 aromatic rings. The maximum absolute atomic E-state index is 12.4. The average molecular weight is 305 g/mol. The van der Waals surface area contributed by atoms with Crippen molar-refractivity contribution in [3.63, 3.8) is 0 Å². The van der Waals surface area contributed by atoms with Gasteiger partial charge in [0.25, 0.3) is 5.91 Å². The van der Waals surface area contributed by atoms with Crippen molar-refractivity contribution in [1.29, 1.82) is 0 Å². The van der Waals surface area contributed by atoms with Crippen molar-refractivity contribution >= 4 is 23.2 Å². The molecule has 0 atom stereocenters. The van der Waals surface area contributed by atoms with Crippen LogP contribution in [0.3, 0.4) is 0 Å². The van der Waals surface area contributed by atoms with E-state index in [2.05, 4.69) is 15.5 Å². The highest BCUT2D eigenvalue weighted by atomic mass is 16.5. The lowest BCUT2D eigenvalue weighted by atomic mass is 10.1. The second-order valence-electron chi connectivity index (χ2n) is 5.36. The van der Waals surface area contributed by atoms with Crippen molar-refractivity contribution in [2.45, 2.75) is 19.8 Å². The van der Waals surface area contributed by atoms with E-state index in [0.29, 0.717) is 24.4 Å². The first-order valence-corrected chi connectivity index (χ1v) is 7.55. The van der Waals surface area contributed by atoms with E-state index in [-0.39, 0.29) is 11.8 Å². The first-order valence-electron chi connectivity index (χ1n) is 7.55. The third kappa shape index (κ3) is 4.21. The zero-order valence-corrected chi connectivity index (χ0v) is 13.1. The van der Waals surface area contributed by atoms with Crippen molar-refractivity contribution in [3.8, 4) is 0 Å². The van der Waals surface area contributed by atoms with Gasteiger partial charge in [-0.05, 0) is 31.0 Å². The standard InChI is InChI=1S/C16H23N3O3/c1-12(20)18-13-5-6-15(19-8-3-4-9-19)14(11-13)16(21)17-7-10-22-2/h5-6,11H,3-4,7-10H2,1-2H3,(H,17,21)(H,18,20). The first-order chi connectivity index (χ1) is 10.6. The number of hydrogen-bond acceptors (Lipinski definition) is 4. The average Bonchev–Trinajstić information content (AvgIpc) is 3.00. The Hall–Kier alpha value is -2.08. The SMILES string of the molecule is COCCNC(=O)c1cc(NC(C)=O)ccc1N1CCCC1. The molecule has 1 aromatic carbocycles. The van der Waals surface area contributed by atoms with E-state index >= 15 is 0 Å². The summed E-state index contributed by atoms with van der Waals surface area (Å²) in [6.07, 6.45) is 2.27. The van der Waals surface area contributed by atoms with E-state index in [0.717, 1.165) is 31.6 Å². The lowest BCUT2D eigenvalue weighted by Gasteiger charge is -2.22. The Morgan fingerprint density at radius 2 is 2.00 bits per heavy atom. The minimum Gasteiger partial charge on any atom is -0.383 e. The van der Waals surface area contributed by atoms with Gasteiger partial charge in [0.2, 0.25) is 5.91 Å². The van der Waals surface area contributed by atoms with E-state index in [1.807, 2.05) is 12.1 Å². The summed E-state index contributed by atoms with van der Waals surface area (Å²) in [6, 6.07) is 5.47. The molecule has 0 unspecified atom stereocenters. The quantitative estimate of drug-likeness (QED) is 0.784. The van der Waals surface area contributed by atoms with Crippen LogP contribution in [0.4, 0.5) is 11.4 Å². The van der Waals surface area contributed by atoms with Gasteiger partial charge >= 0.3 is 0 Å². The molecule has 6 heteroatoms. The second-order valence-corrected chi connectivity index (χ2v) is 5.36. The summed E-state index contributed by atoms with van der Waals surface area (Å²) in [4.78, 5) is 25.8. The van der Waals surface area contributed by atoms with Gasteiger partial charge in [0, 0.05) is 45.0 Å². The number of anilines is 2. The van der Waals surface area contributed by atoms with Crippen molar-refractivity contribution < 1.29 is 14.3 Å². The number of rotatable bonds is 6. The van der Waals surface area contributed by atoms with Crippen molar-refractivity contribution in [1.82, 2.24) is 5.32 Å². The summed E-state index contributed by atoms with van der Waals surface area (Å²) in [6.45, 7) is 4.29. The van der Waals surface area contributed by atoms with Crippen LogP contribution in [-0.2, 0) is 9.53 Å². The van der Waals surface area contributed by atoms with Crippen LogP contribution in [0, 0.1) is 0 Å².